The first-order chi connectivity index (χ1) is 15.6. The van der Waals surface area contributed by atoms with E-state index >= 15 is 0 Å². The van der Waals surface area contributed by atoms with Gasteiger partial charge in [0.05, 0.1) is 17.2 Å². The molecular formula is C27H24N4O. The standard InChI is InChI=1S/C27H24N4O/c1-16(2)14-17-10-12-19(13-11-17)25-24-23(22(15-28)26(29)32-27(24)31-30-25)21-9-5-7-18-6-3-4-8-20(18)21/h3-13,16,23H,14,29H2,1-2H3,(H,30,31)/t23-/m1/s1. The maximum Gasteiger partial charge on any atom is 0.244 e. The van der Waals surface area contributed by atoms with Crippen LogP contribution in [0.25, 0.3) is 22.0 Å². The van der Waals surface area contributed by atoms with Crippen LogP contribution in [-0.4, -0.2) is 10.2 Å². The lowest BCUT2D eigenvalue weighted by Crippen LogP contribution is -2.21. The van der Waals surface area contributed by atoms with Crippen molar-refractivity contribution in [2.75, 3.05) is 0 Å². The molecule has 3 aromatic carbocycles. The molecule has 0 radical (unpaired) electrons. The summed E-state index contributed by atoms with van der Waals surface area (Å²) in [5.41, 5.74) is 11.5. The van der Waals surface area contributed by atoms with Crippen LogP contribution in [0.3, 0.4) is 0 Å². The fourth-order valence-electron chi connectivity index (χ4n) is 4.56. The van der Waals surface area contributed by atoms with E-state index < -0.39 is 0 Å². The van der Waals surface area contributed by atoms with Gasteiger partial charge in [-0.1, -0.05) is 80.6 Å². The van der Waals surface area contributed by atoms with Gasteiger partial charge in [0.2, 0.25) is 11.8 Å². The molecule has 32 heavy (non-hydrogen) atoms. The zero-order chi connectivity index (χ0) is 22.2. The highest BCUT2D eigenvalue weighted by Crippen LogP contribution is 2.47. The molecule has 4 aromatic rings. The Morgan fingerprint density at radius 1 is 1.06 bits per heavy atom. The number of ether oxygens (including phenoxy) is 1. The Balaban J connectivity index is 1.70. The number of benzene rings is 3. The molecule has 0 fully saturated rings. The molecule has 3 N–H and O–H groups in total. The lowest BCUT2D eigenvalue weighted by Gasteiger charge is -2.25. The highest BCUT2D eigenvalue weighted by molar-refractivity contribution is 5.88. The molecule has 1 atom stereocenters. The number of nitrogens with zero attached hydrogens (tertiary/aromatic N) is 2. The Bertz CT molecular complexity index is 1370. The molecule has 1 aromatic heterocycles. The smallest absolute Gasteiger partial charge is 0.244 e. The van der Waals surface area contributed by atoms with Gasteiger partial charge >= 0.3 is 0 Å². The second kappa shape index (κ2) is 7.90. The Labute approximate surface area is 187 Å². The topological polar surface area (TPSA) is 87.7 Å². The fourth-order valence-corrected chi connectivity index (χ4v) is 4.56. The summed E-state index contributed by atoms with van der Waals surface area (Å²) >= 11 is 0. The van der Waals surface area contributed by atoms with Crippen LogP contribution >= 0.6 is 0 Å². The van der Waals surface area contributed by atoms with Gasteiger partial charge in [-0.05, 0) is 34.2 Å². The molecule has 0 aliphatic carbocycles. The summed E-state index contributed by atoms with van der Waals surface area (Å²) in [6, 6.07) is 25.1. The molecule has 0 bridgehead atoms. The lowest BCUT2D eigenvalue weighted by molar-refractivity contribution is 0.379. The maximum atomic E-state index is 10.0. The Hall–Kier alpha value is -4.04. The zero-order valence-corrected chi connectivity index (χ0v) is 18.1. The third kappa shape index (κ3) is 3.30. The molecule has 0 unspecified atom stereocenters. The normalized spacial score (nSPS) is 15.5. The highest BCUT2D eigenvalue weighted by Gasteiger charge is 2.36. The molecule has 2 heterocycles. The van der Waals surface area contributed by atoms with Crippen molar-refractivity contribution >= 4 is 10.8 Å². The summed E-state index contributed by atoms with van der Waals surface area (Å²) in [5.74, 6) is 0.735. The molecule has 0 amide bonds. The Kier molecular flexibility index (Phi) is 4.91. The van der Waals surface area contributed by atoms with Crippen molar-refractivity contribution in [3.63, 3.8) is 0 Å². The van der Waals surface area contributed by atoms with Crippen LogP contribution in [0.15, 0.2) is 78.2 Å². The Morgan fingerprint density at radius 2 is 1.81 bits per heavy atom. The zero-order valence-electron chi connectivity index (χ0n) is 18.1. The van der Waals surface area contributed by atoms with Gasteiger partial charge in [0, 0.05) is 5.56 Å². The van der Waals surface area contributed by atoms with E-state index in [0.29, 0.717) is 17.4 Å². The number of rotatable bonds is 4. The molecule has 158 valence electrons. The van der Waals surface area contributed by atoms with E-state index in [0.717, 1.165) is 39.6 Å². The van der Waals surface area contributed by atoms with E-state index in [9.17, 15) is 5.26 Å². The molecule has 0 saturated heterocycles. The Morgan fingerprint density at radius 3 is 2.56 bits per heavy atom. The first kappa shape index (κ1) is 19.9. The van der Waals surface area contributed by atoms with Crippen molar-refractivity contribution in [1.29, 1.82) is 5.26 Å². The average molecular weight is 421 g/mol. The molecular weight excluding hydrogens is 396 g/mol. The number of nitrogens with one attached hydrogen (secondary N) is 1. The van der Waals surface area contributed by atoms with Crippen LogP contribution in [0.5, 0.6) is 5.88 Å². The summed E-state index contributed by atoms with van der Waals surface area (Å²) in [4.78, 5) is 0. The summed E-state index contributed by atoms with van der Waals surface area (Å²) in [6.45, 7) is 4.43. The van der Waals surface area contributed by atoms with Crippen molar-refractivity contribution in [3.8, 4) is 23.2 Å². The van der Waals surface area contributed by atoms with E-state index in [1.54, 1.807) is 0 Å². The molecule has 1 aliphatic heterocycles. The van der Waals surface area contributed by atoms with Crippen LogP contribution in [0.4, 0.5) is 0 Å². The van der Waals surface area contributed by atoms with E-state index in [4.69, 9.17) is 10.5 Å². The number of fused-ring (bicyclic) bond motifs is 2. The number of nitrogens with two attached hydrogens (primary N) is 1. The number of H-pyrrole nitrogens is 1. The van der Waals surface area contributed by atoms with E-state index in [1.165, 1.54) is 5.56 Å². The summed E-state index contributed by atoms with van der Waals surface area (Å²) in [5, 5.41) is 19.7. The van der Waals surface area contributed by atoms with Crippen LogP contribution in [0.1, 0.15) is 36.5 Å². The fraction of sp³-hybridized carbons (Fsp3) is 0.185. The van der Waals surface area contributed by atoms with Gasteiger partial charge in [-0.2, -0.15) is 5.26 Å². The molecule has 1 aliphatic rings. The van der Waals surface area contributed by atoms with E-state index in [1.807, 2.05) is 18.2 Å². The third-order valence-corrected chi connectivity index (χ3v) is 5.96. The van der Waals surface area contributed by atoms with Gasteiger partial charge < -0.3 is 10.5 Å². The summed E-state index contributed by atoms with van der Waals surface area (Å²) < 4.78 is 5.77. The monoisotopic (exact) mass is 420 g/mol. The van der Waals surface area contributed by atoms with Crippen molar-refractivity contribution < 1.29 is 4.74 Å². The minimum absolute atomic E-state index is 0.100. The first-order valence-corrected chi connectivity index (χ1v) is 10.8. The second-order valence-electron chi connectivity index (χ2n) is 8.61. The predicted octanol–water partition coefficient (Wildman–Crippen LogP) is 5.65. The molecule has 5 rings (SSSR count). The third-order valence-electron chi connectivity index (χ3n) is 5.96. The number of hydrogen-bond acceptors (Lipinski definition) is 4. The van der Waals surface area contributed by atoms with Gasteiger partial charge in [0.15, 0.2) is 0 Å². The van der Waals surface area contributed by atoms with E-state index in [-0.39, 0.29) is 11.8 Å². The van der Waals surface area contributed by atoms with Crippen LogP contribution < -0.4 is 10.5 Å². The summed E-state index contributed by atoms with van der Waals surface area (Å²) in [6.07, 6.45) is 1.03. The quantitative estimate of drug-likeness (QED) is 0.447. The van der Waals surface area contributed by atoms with Crippen LogP contribution in [0, 0.1) is 17.2 Å². The van der Waals surface area contributed by atoms with Gasteiger partial charge in [-0.15, -0.1) is 5.10 Å². The maximum absolute atomic E-state index is 10.0. The minimum atomic E-state index is -0.376. The van der Waals surface area contributed by atoms with Crippen LogP contribution in [-0.2, 0) is 6.42 Å². The minimum Gasteiger partial charge on any atom is -0.420 e. The summed E-state index contributed by atoms with van der Waals surface area (Å²) in [7, 11) is 0. The van der Waals surface area contributed by atoms with E-state index in [2.05, 4.69) is 78.6 Å². The molecule has 5 heteroatoms. The van der Waals surface area contributed by atoms with Gasteiger partial charge in [-0.25, -0.2) is 0 Å². The number of aromatic nitrogens is 2. The van der Waals surface area contributed by atoms with Crippen molar-refractivity contribution in [3.05, 3.63) is 94.9 Å². The van der Waals surface area contributed by atoms with Gasteiger partial charge in [0.25, 0.3) is 0 Å². The van der Waals surface area contributed by atoms with Gasteiger partial charge in [0.1, 0.15) is 11.6 Å². The SMILES string of the molecule is CC(C)Cc1ccc(-c2[nH]nc3c2[C@H](c2cccc4ccccc24)C(C#N)=C(N)O3)cc1. The highest BCUT2D eigenvalue weighted by atomic mass is 16.5. The molecule has 0 spiro atoms. The van der Waals surface area contributed by atoms with Gasteiger partial charge in [-0.3, -0.25) is 5.10 Å². The number of allylic oxidation sites excluding steroid dienone is 1. The first-order valence-electron chi connectivity index (χ1n) is 10.8. The van der Waals surface area contributed by atoms with Crippen molar-refractivity contribution in [2.45, 2.75) is 26.2 Å². The predicted molar refractivity (Wildman–Crippen MR) is 126 cm³/mol. The number of nitriles is 1. The van der Waals surface area contributed by atoms with Crippen molar-refractivity contribution in [2.24, 2.45) is 11.7 Å². The molecule has 5 nitrogen and oxygen atoms in total. The largest absolute Gasteiger partial charge is 0.420 e. The van der Waals surface area contributed by atoms with Crippen LogP contribution in [0.2, 0.25) is 0 Å². The average Bonchev–Trinajstić information content (AvgIpc) is 3.21. The van der Waals surface area contributed by atoms with Crippen molar-refractivity contribution in [1.82, 2.24) is 10.2 Å². The second-order valence-corrected chi connectivity index (χ2v) is 8.61. The molecule has 0 saturated carbocycles. The number of hydrogen-bond donors (Lipinski definition) is 2. The number of aromatic amines is 1. The lowest BCUT2D eigenvalue weighted by atomic mass is 9.81.